The monoisotopic (exact) mass is 326 g/mol. The van der Waals surface area contributed by atoms with Gasteiger partial charge in [0.1, 0.15) is 5.82 Å². The maximum absolute atomic E-state index is 6.01. The molecule has 1 aliphatic rings. The average molecular weight is 328 g/mol. The molecule has 1 aromatic carbocycles. The van der Waals surface area contributed by atoms with Gasteiger partial charge in [-0.05, 0) is 30.5 Å². The van der Waals surface area contributed by atoms with Crippen molar-refractivity contribution >= 4 is 38.6 Å². The third-order valence-electron chi connectivity index (χ3n) is 3.89. The van der Waals surface area contributed by atoms with Gasteiger partial charge in [0.25, 0.3) is 0 Å². The van der Waals surface area contributed by atoms with Gasteiger partial charge in [-0.2, -0.15) is 0 Å². The summed E-state index contributed by atoms with van der Waals surface area (Å²) in [7, 11) is 0. The predicted octanol–water partition coefficient (Wildman–Crippen LogP) is 4.73. The molecule has 2 aromatic rings. The molecule has 0 radical (unpaired) electrons. The highest BCUT2D eigenvalue weighted by atomic mass is 79.9. The number of hydrogen-bond donors (Lipinski definition) is 0. The molecular weight excluding hydrogens is 312 g/mol. The van der Waals surface area contributed by atoms with E-state index < -0.39 is 0 Å². The Hall–Kier alpha value is -0.540. The molecule has 3 rings (SSSR count). The number of hydrogen-bond acceptors (Lipinski definition) is 1. The summed E-state index contributed by atoms with van der Waals surface area (Å²) in [6, 6.07) is 6.22. The normalized spacial score (nSPS) is 16.1. The van der Waals surface area contributed by atoms with Crippen molar-refractivity contribution in [2.45, 2.75) is 38.1 Å². The highest BCUT2D eigenvalue weighted by molar-refractivity contribution is 9.10. The molecule has 0 spiro atoms. The molecule has 1 aromatic heterocycles. The number of aromatic nitrogens is 2. The minimum absolute atomic E-state index is 0.483. The fourth-order valence-corrected chi connectivity index (χ4v) is 3.14. The third-order valence-corrected chi connectivity index (χ3v) is 4.63. The van der Waals surface area contributed by atoms with E-state index in [1.54, 1.807) is 0 Å². The lowest BCUT2D eigenvalue weighted by molar-refractivity contribution is 0.282. The molecule has 4 heteroatoms. The molecule has 0 N–H and O–H groups in total. The van der Waals surface area contributed by atoms with Crippen LogP contribution >= 0.6 is 27.5 Å². The Morgan fingerprint density at radius 3 is 2.89 bits per heavy atom. The number of nitrogens with zero attached hydrogens (tertiary/aromatic N) is 2. The second kappa shape index (κ2) is 5.22. The molecule has 18 heavy (non-hydrogen) atoms. The van der Waals surface area contributed by atoms with Crippen LogP contribution in [0.5, 0.6) is 0 Å². The first kappa shape index (κ1) is 12.5. The van der Waals surface area contributed by atoms with E-state index in [-0.39, 0.29) is 0 Å². The quantitative estimate of drug-likeness (QED) is 0.742. The molecule has 1 heterocycles. The Bertz CT molecular complexity index is 560. The summed E-state index contributed by atoms with van der Waals surface area (Å²) in [5.41, 5.74) is 2.24. The van der Waals surface area contributed by atoms with E-state index in [0.717, 1.165) is 28.3 Å². The lowest BCUT2D eigenvalue weighted by atomic mass is 9.83. The molecule has 2 nitrogen and oxygen atoms in total. The van der Waals surface area contributed by atoms with E-state index in [0.29, 0.717) is 5.88 Å². The maximum atomic E-state index is 6.01. The zero-order valence-corrected chi connectivity index (χ0v) is 12.5. The van der Waals surface area contributed by atoms with Gasteiger partial charge in [0.2, 0.25) is 0 Å². The Kier molecular flexibility index (Phi) is 3.62. The number of rotatable bonds is 4. The van der Waals surface area contributed by atoms with Crippen LogP contribution in [0.15, 0.2) is 22.7 Å². The third kappa shape index (κ3) is 2.30. The van der Waals surface area contributed by atoms with E-state index in [1.807, 2.05) is 6.07 Å². The molecule has 0 aliphatic heterocycles. The van der Waals surface area contributed by atoms with Crippen LogP contribution in [0, 0.1) is 5.92 Å². The van der Waals surface area contributed by atoms with Gasteiger partial charge < -0.3 is 4.57 Å². The number of fused-ring (bicyclic) bond motifs is 1. The van der Waals surface area contributed by atoms with Gasteiger partial charge in [-0.3, -0.25) is 0 Å². The highest BCUT2D eigenvalue weighted by Gasteiger charge is 2.18. The standard InChI is InChI=1S/C14H16BrClN2/c15-11-4-5-12-13(8-11)18(14(9-16)17-12)7-6-10-2-1-3-10/h4-5,8,10H,1-3,6-7,9H2. The summed E-state index contributed by atoms with van der Waals surface area (Å²) >= 11 is 9.54. The summed E-state index contributed by atoms with van der Waals surface area (Å²) in [6.07, 6.45) is 5.45. The number of aryl methyl sites for hydroxylation is 1. The summed E-state index contributed by atoms with van der Waals surface area (Å²) in [6.45, 7) is 1.04. The van der Waals surface area contributed by atoms with Crippen LogP contribution in [0.3, 0.4) is 0 Å². The molecule has 96 valence electrons. The molecule has 1 saturated carbocycles. The molecule has 0 saturated heterocycles. The van der Waals surface area contributed by atoms with Crippen LogP contribution in [-0.2, 0) is 12.4 Å². The highest BCUT2D eigenvalue weighted by Crippen LogP contribution is 2.31. The fourth-order valence-electron chi connectivity index (χ4n) is 2.59. The molecule has 0 amide bonds. The van der Waals surface area contributed by atoms with Crippen molar-refractivity contribution in [2.75, 3.05) is 0 Å². The van der Waals surface area contributed by atoms with E-state index in [9.17, 15) is 0 Å². The molecule has 0 atom stereocenters. The van der Waals surface area contributed by atoms with Crippen LogP contribution in [0.1, 0.15) is 31.5 Å². The van der Waals surface area contributed by atoms with Crippen LogP contribution in [0.2, 0.25) is 0 Å². The van der Waals surface area contributed by atoms with Crippen molar-refractivity contribution in [3.8, 4) is 0 Å². The van der Waals surface area contributed by atoms with E-state index in [4.69, 9.17) is 11.6 Å². The van der Waals surface area contributed by atoms with Crippen molar-refractivity contribution in [2.24, 2.45) is 5.92 Å². The average Bonchev–Trinajstić information content (AvgIpc) is 2.65. The summed E-state index contributed by atoms with van der Waals surface area (Å²) in [5.74, 6) is 2.39. The van der Waals surface area contributed by atoms with Gasteiger partial charge in [0, 0.05) is 11.0 Å². The van der Waals surface area contributed by atoms with Crippen LogP contribution < -0.4 is 0 Å². The first-order valence-electron chi connectivity index (χ1n) is 6.48. The Morgan fingerprint density at radius 1 is 1.39 bits per heavy atom. The second-order valence-electron chi connectivity index (χ2n) is 5.03. The zero-order valence-electron chi connectivity index (χ0n) is 10.2. The van der Waals surface area contributed by atoms with Crippen molar-refractivity contribution in [1.29, 1.82) is 0 Å². The lowest BCUT2D eigenvalue weighted by Gasteiger charge is -2.25. The van der Waals surface area contributed by atoms with Gasteiger partial charge in [-0.25, -0.2) is 4.98 Å². The predicted molar refractivity (Wildman–Crippen MR) is 78.9 cm³/mol. The molecular formula is C14H16BrClN2. The van der Waals surface area contributed by atoms with Gasteiger partial charge in [0.15, 0.2) is 0 Å². The van der Waals surface area contributed by atoms with Crippen molar-refractivity contribution in [3.63, 3.8) is 0 Å². The Balaban J connectivity index is 1.92. The molecule has 0 unspecified atom stereocenters. The Labute approximate surface area is 120 Å². The van der Waals surface area contributed by atoms with Gasteiger partial charge >= 0.3 is 0 Å². The van der Waals surface area contributed by atoms with Crippen LogP contribution in [0.25, 0.3) is 11.0 Å². The van der Waals surface area contributed by atoms with Crippen LogP contribution in [0.4, 0.5) is 0 Å². The van der Waals surface area contributed by atoms with Gasteiger partial charge in [-0.1, -0.05) is 35.2 Å². The summed E-state index contributed by atoms with van der Waals surface area (Å²) in [4.78, 5) is 4.60. The molecule has 0 bridgehead atoms. The summed E-state index contributed by atoms with van der Waals surface area (Å²) in [5, 5.41) is 0. The first-order valence-corrected chi connectivity index (χ1v) is 7.81. The van der Waals surface area contributed by atoms with E-state index in [1.165, 1.54) is 31.2 Å². The largest absolute Gasteiger partial charge is 0.327 e. The maximum Gasteiger partial charge on any atom is 0.124 e. The Morgan fingerprint density at radius 2 is 2.22 bits per heavy atom. The van der Waals surface area contributed by atoms with Crippen molar-refractivity contribution in [1.82, 2.24) is 9.55 Å². The van der Waals surface area contributed by atoms with Crippen molar-refractivity contribution in [3.05, 3.63) is 28.5 Å². The van der Waals surface area contributed by atoms with E-state index in [2.05, 4.69) is 37.6 Å². The number of halogens is 2. The zero-order chi connectivity index (χ0) is 12.5. The number of benzene rings is 1. The molecule has 1 aliphatic carbocycles. The first-order chi connectivity index (χ1) is 8.78. The van der Waals surface area contributed by atoms with Crippen LogP contribution in [-0.4, -0.2) is 9.55 Å². The van der Waals surface area contributed by atoms with Crippen molar-refractivity contribution < 1.29 is 0 Å². The van der Waals surface area contributed by atoms with Gasteiger partial charge in [-0.15, -0.1) is 11.6 Å². The smallest absolute Gasteiger partial charge is 0.124 e. The second-order valence-corrected chi connectivity index (χ2v) is 6.21. The van der Waals surface area contributed by atoms with Gasteiger partial charge in [0.05, 0.1) is 16.9 Å². The van der Waals surface area contributed by atoms with E-state index >= 15 is 0 Å². The topological polar surface area (TPSA) is 17.8 Å². The fraction of sp³-hybridized carbons (Fsp3) is 0.500. The SMILES string of the molecule is ClCc1nc2ccc(Br)cc2n1CCC1CCC1. The minimum atomic E-state index is 0.483. The molecule has 1 fully saturated rings. The summed E-state index contributed by atoms with van der Waals surface area (Å²) < 4.78 is 3.38. The minimum Gasteiger partial charge on any atom is -0.327 e. The number of alkyl halides is 1. The lowest BCUT2D eigenvalue weighted by Crippen LogP contribution is -2.14. The number of imidazole rings is 1.